The van der Waals surface area contributed by atoms with E-state index in [4.69, 9.17) is 5.11 Å². The van der Waals surface area contributed by atoms with Crippen LogP contribution in [-0.2, 0) is 0 Å². The third-order valence-corrected chi connectivity index (χ3v) is 4.77. The van der Waals surface area contributed by atoms with Gasteiger partial charge >= 0.3 is 6.09 Å². The number of piperazine rings is 1. The molecule has 7 nitrogen and oxygen atoms in total. The van der Waals surface area contributed by atoms with Gasteiger partial charge in [-0.3, -0.25) is 0 Å². The lowest BCUT2D eigenvalue weighted by Gasteiger charge is -2.40. The normalized spacial score (nSPS) is 19.2. The van der Waals surface area contributed by atoms with Crippen LogP contribution in [0, 0.1) is 6.92 Å². The molecule has 2 aromatic rings. The number of carboxylic acid groups (broad SMARTS) is 1. The van der Waals surface area contributed by atoms with Crippen molar-refractivity contribution in [3.63, 3.8) is 0 Å². The van der Waals surface area contributed by atoms with Gasteiger partial charge in [-0.15, -0.1) is 11.3 Å². The lowest BCUT2D eigenvalue weighted by molar-refractivity contribution is 0.124. The SMILES string of the molecule is Cc1csc2ncnc(N3CCN(C(=O)O)C[C@H]3CO)c12. The number of hydrogen-bond acceptors (Lipinski definition) is 6. The zero-order chi connectivity index (χ0) is 15.0. The smallest absolute Gasteiger partial charge is 0.407 e. The largest absolute Gasteiger partial charge is 0.465 e. The van der Waals surface area contributed by atoms with Gasteiger partial charge in [-0.2, -0.15) is 0 Å². The molecule has 1 aliphatic rings. The van der Waals surface area contributed by atoms with Gasteiger partial charge in [-0.05, 0) is 17.9 Å². The lowest BCUT2D eigenvalue weighted by Crippen LogP contribution is -2.56. The number of rotatable bonds is 2. The van der Waals surface area contributed by atoms with Crippen LogP contribution in [0.1, 0.15) is 5.56 Å². The van der Waals surface area contributed by atoms with Crippen LogP contribution in [0.5, 0.6) is 0 Å². The minimum absolute atomic E-state index is 0.113. The maximum Gasteiger partial charge on any atom is 0.407 e. The lowest BCUT2D eigenvalue weighted by atomic mass is 10.1. The molecule has 1 saturated heterocycles. The van der Waals surface area contributed by atoms with Crippen LogP contribution in [0.25, 0.3) is 10.2 Å². The highest BCUT2D eigenvalue weighted by molar-refractivity contribution is 7.17. The minimum Gasteiger partial charge on any atom is -0.465 e. The number of carbonyl (C=O) groups is 1. The molecule has 3 rings (SSSR count). The Morgan fingerprint density at radius 2 is 2.29 bits per heavy atom. The third kappa shape index (κ3) is 2.40. The zero-order valence-corrected chi connectivity index (χ0v) is 12.4. The van der Waals surface area contributed by atoms with Crippen LogP contribution >= 0.6 is 11.3 Å². The standard InChI is InChI=1S/C13H16N4O3S/c1-8-6-21-12-10(8)11(14-7-15-12)17-3-2-16(13(19)20)4-9(17)5-18/h6-7,9,18H,2-5H2,1H3,(H,19,20)/t9-/m0/s1. The number of thiophene rings is 1. The van der Waals surface area contributed by atoms with E-state index in [2.05, 4.69) is 9.97 Å². The number of fused-ring (bicyclic) bond motifs is 1. The number of aromatic nitrogens is 2. The van der Waals surface area contributed by atoms with Crippen molar-refractivity contribution in [2.24, 2.45) is 0 Å². The molecule has 1 fully saturated rings. The maximum atomic E-state index is 11.1. The highest BCUT2D eigenvalue weighted by atomic mass is 32.1. The van der Waals surface area contributed by atoms with Gasteiger partial charge in [-0.1, -0.05) is 0 Å². The number of aliphatic hydroxyl groups excluding tert-OH is 1. The van der Waals surface area contributed by atoms with E-state index in [1.165, 1.54) is 11.2 Å². The van der Waals surface area contributed by atoms with Crippen LogP contribution in [-0.4, -0.2) is 63.5 Å². The van der Waals surface area contributed by atoms with Crippen LogP contribution in [0.4, 0.5) is 10.6 Å². The quantitative estimate of drug-likeness (QED) is 0.865. The Morgan fingerprint density at radius 3 is 3.00 bits per heavy atom. The summed E-state index contributed by atoms with van der Waals surface area (Å²) in [6.07, 6.45) is 0.568. The summed E-state index contributed by atoms with van der Waals surface area (Å²) < 4.78 is 0. The van der Waals surface area contributed by atoms with E-state index in [0.29, 0.717) is 13.1 Å². The van der Waals surface area contributed by atoms with Gasteiger partial charge in [0.1, 0.15) is 17.0 Å². The fraction of sp³-hybridized carbons (Fsp3) is 0.462. The molecule has 8 heteroatoms. The summed E-state index contributed by atoms with van der Waals surface area (Å²) in [5.74, 6) is 0.780. The Bertz CT molecular complexity index is 674. The van der Waals surface area contributed by atoms with Gasteiger partial charge < -0.3 is 20.0 Å². The summed E-state index contributed by atoms with van der Waals surface area (Å²) in [6.45, 7) is 3.09. The predicted molar refractivity (Wildman–Crippen MR) is 80.0 cm³/mol. The molecule has 1 aliphatic heterocycles. The van der Waals surface area contributed by atoms with Crippen molar-refractivity contribution in [2.45, 2.75) is 13.0 Å². The molecule has 1 atom stereocenters. The highest BCUT2D eigenvalue weighted by Crippen LogP contribution is 2.32. The monoisotopic (exact) mass is 308 g/mol. The third-order valence-electron chi connectivity index (χ3n) is 3.77. The van der Waals surface area contributed by atoms with Crippen LogP contribution in [0.15, 0.2) is 11.7 Å². The summed E-state index contributed by atoms with van der Waals surface area (Å²) in [5, 5.41) is 21.7. The minimum atomic E-state index is -0.951. The molecule has 0 saturated carbocycles. The second-order valence-electron chi connectivity index (χ2n) is 5.05. The average molecular weight is 308 g/mol. The van der Waals surface area contributed by atoms with Gasteiger partial charge in [0.15, 0.2) is 0 Å². The molecule has 0 unspecified atom stereocenters. The Kier molecular flexibility index (Phi) is 3.64. The first kappa shape index (κ1) is 14.0. The highest BCUT2D eigenvalue weighted by Gasteiger charge is 2.31. The molecule has 0 aromatic carbocycles. The van der Waals surface area contributed by atoms with Crippen molar-refractivity contribution in [1.29, 1.82) is 0 Å². The second kappa shape index (κ2) is 5.45. The molecular formula is C13H16N4O3S. The summed E-state index contributed by atoms with van der Waals surface area (Å²) in [5.41, 5.74) is 1.10. The molecule has 2 aromatic heterocycles. The maximum absolute atomic E-state index is 11.1. The second-order valence-corrected chi connectivity index (χ2v) is 5.91. The number of anilines is 1. The Labute approximate surface area is 125 Å². The molecule has 112 valence electrons. The molecule has 2 N–H and O–H groups in total. The van der Waals surface area contributed by atoms with E-state index >= 15 is 0 Å². The number of amides is 1. The van der Waals surface area contributed by atoms with Crippen molar-refractivity contribution < 1.29 is 15.0 Å². The first-order chi connectivity index (χ1) is 10.1. The van der Waals surface area contributed by atoms with Crippen molar-refractivity contribution in [1.82, 2.24) is 14.9 Å². The van der Waals surface area contributed by atoms with E-state index in [-0.39, 0.29) is 19.2 Å². The van der Waals surface area contributed by atoms with E-state index in [1.54, 1.807) is 11.3 Å². The summed E-state index contributed by atoms with van der Waals surface area (Å²) >= 11 is 1.56. The van der Waals surface area contributed by atoms with Gasteiger partial charge in [0.25, 0.3) is 0 Å². The summed E-state index contributed by atoms with van der Waals surface area (Å²) in [6, 6.07) is -0.285. The zero-order valence-electron chi connectivity index (χ0n) is 11.6. The molecule has 1 amide bonds. The van der Waals surface area contributed by atoms with E-state index < -0.39 is 6.09 Å². The van der Waals surface area contributed by atoms with Gasteiger partial charge in [-0.25, -0.2) is 14.8 Å². The van der Waals surface area contributed by atoms with Crippen LogP contribution < -0.4 is 4.90 Å². The summed E-state index contributed by atoms with van der Waals surface area (Å²) in [7, 11) is 0. The van der Waals surface area contributed by atoms with E-state index in [0.717, 1.165) is 21.6 Å². The van der Waals surface area contributed by atoms with Crippen LogP contribution in [0.2, 0.25) is 0 Å². The molecule has 0 bridgehead atoms. The number of nitrogens with zero attached hydrogens (tertiary/aromatic N) is 4. The predicted octanol–water partition coefficient (Wildman–Crippen LogP) is 1.16. The first-order valence-corrected chi connectivity index (χ1v) is 7.54. The number of aliphatic hydroxyl groups is 1. The average Bonchev–Trinajstić information content (AvgIpc) is 2.88. The molecule has 0 radical (unpaired) electrons. The van der Waals surface area contributed by atoms with Crippen molar-refractivity contribution >= 4 is 33.5 Å². The number of hydrogen-bond donors (Lipinski definition) is 2. The first-order valence-electron chi connectivity index (χ1n) is 6.66. The topological polar surface area (TPSA) is 89.8 Å². The number of aryl methyl sites for hydroxylation is 1. The molecule has 0 spiro atoms. The molecule has 0 aliphatic carbocycles. The van der Waals surface area contributed by atoms with Gasteiger partial charge in [0.05, 0.1) is 18.0 Å². The molecular weight excluding hydrogens is 292 g/mol. The fourth-order valence-corrected chi connectivity index (χ4v) is 3.56. The van der Waals surface area contributed by atoms with E-state index in [1.807, 2.05) is 17.2 Å². The van der Waals surface area contributed by atoms with Crippen LogP contribution in [0.3, 0.4) is 0 Å². The summed E-state index contributed by atoms with van der Waals surface area (Å²) in [4.78, 5) is 24.0. The van der Waals surface area contributed by atoms with Crippen molar-refractivity contribution in [2.75, 3.05) is 31.1 Å². The van der Waals surface area contributed by atoms with Gasteiger partial charge in [0, 0.05) is 19.6 Å². The Hall–Kier alpha value is -1.93. The fourth-order valence-electron chi connectivity index (χ4n) is 2.68. The van der Waals surface area contributed by atoms with Gasteiger partial charge in [0.2, 0.25) is 0 Å². The van der Waals surface area contributed by atoms with Crippen molar-refractivity contribution in [3.8, 4) is 0 Å². The van der Waals surface area contributed by atoms with E-state index in [9.17, 15) is 9.90 Å². The Morgan fingerprint density at radius 1 is 1.48 bits per heavy atom. The molecule has 21 heavy (non-hydrogen) atoms. The van der Waals surface area contributed by atoms with Crippen molar-refractivity contribution in [3.05, 3.63) is 17.3 Å². The Balaban J connectivity index is 1.98. The molecule has 3 heterocycles.